The number of nitrogens with one attached hydrogen (secondary N) is 1. The first-order valence-electron chi connectivity index (χ1n) is 7.17. The maximum absolute atomic E-state index is 12.9. The van der Waals surface area contributed by atoms with Gasteiger partial charge in [0.2, 0.25) is 5.91 Å². The van der Waals surface area contributed by atoms with Gasteiger partial charge in [0.15, 0.2) is 6.61 Å². The Morgan fingerprint density at radius 1 is 1.29 bits per heavy atom. The minimum Gasteiger partial charge on any atom is -0.452 e. The standard InChI is InChI=1S/C16H20ClFN2O4/c1-16(2,3)19-13(21)8-20(4)14(22)9-24-15(23)11-6-5-10(18)7-12(11)17/h5-7H,8-9H2,1-4H3,(H,19,21). The largest absolute Gasteiger partial charge is 0.452 e. The Balaban J connectivity index is 2.53. The van der Waals surface area contributed by atoms with Gasteiger partial charge in [-0.2, -0.15) is 0 Å². The number of amides is 2. The predicted molar refractivity (Wildman–Crippen MR) is 87.2 cm³/mol. The summed E-state index contributed by atoms with van der Waals surface area (Å²) in [5.74, 6) is -2.31. The molecule has 0 aliphatic rings. The first kappa shape index (κ1) is 19.9. The fraction of sp³-hybridized carbons (Fsp3) is 0.438. The number of halogens is 2. The number of rotatable bonds is 5. The van der Waals surface area contributed by atoms with E-state index in [0.29, 0.717) is 0 Å². The molecule has 1 N–H and O–H groups in total. The van der Waals surface area contributed by atoms with Gasteiger partial charge in [-0.3, -0.25) is 9.59 Å². The highest BCUT2D eigenvalue weighted by atomic mass is 35.5. The van der Waals surface area contributed by atoms with Gasteiger partial charge in [0.1, 0.15) is 5.82 Å². The summed E-state index contributed by atoms with van der Waals surface area (Å²) in [4.78, 5) is 36.6. The second-order valence-electron chi connectivity index (χ2n) is 6.25. The minimum atomic E-state index is -0.846. The number of carbonyl (C=O) groups excluding carboxylic acids is 3. The maximum atomic E-state index is 12.9. The fourth-order valence-electron chi connectivity index (χ4n) is 1.73. The highest BCUT2D eigenvalue weighted by molar-refractivity contribution is 6.33. The summed E-state index contributed by atoms with van der Waals surface area (Å²) < 4.78 is 17.8. The van der Waals surface area contributed by atoms with E-state index >= 15 is 0 Å². The molecule has 132 valence electrons. The molecule has 2 amide bonds. The third-order valence-electron chi connectivity index (χ3n) is 2.80. The van der Waals surface area contributed by atoms with Crippen molar-refractivity contribution in [3.8, 4) is 0 Å². The molecule has 0 spiro atoms. The quantitative estimate of drug-likeness (QED) is 0.817. The van der Waals surface area contributed by atoms with Crippen molar-refractivity contribution in [1.29, 1.82) is 0 Å². The molecule has 1 aromatic rings. The van der Waals surface area contributed by atoms with Crippen molar-refractivity contribution in [2.75, 3.05) is 20.2 Å². The van der Waals surface area contributed by atoms with Gasteiger partial charge in [0, 0.05) is 12.6 Å². The van der Waals surface area contributed by atoms with Crippen LogP contribution in [0.4, 0.5) is 4.39 Å². The Hall–Kier alpha value is -2.15. The minimum absolute atomic E-state index is 0.0426. The van der Waals surface area contributed by atoms with E-state index in [1.54, 1.807) is 0 Å². The SMILES string of the molecule is CN(CC(=O)NC(C)(C)C)C(=O)COC(=O)c1ccc(F)cc1Cl. The van der Waals surface area contributed by atoms with E-state index in [2.05, 4.69) is 5.32 Å². The summed E-state index contributed by atoms with van der Waals surface area (Å²) in [5, 5.41) is 2.61. The molecule has 1 aromatic carbocycles. The number of benzene rings is 1. The van der Waals surface area contributed by atoms with Gasteiger partial charge in [-0.1, -0.05) is 11.6 Å². The molecule has 0 radical (unpaired) electrons. The number of ether oxygens (including phenoxy) is 1. The van der Waals surface area contributed by atoms with Crippen LogP contribution in [0, 0.1) is 5.82 Å². The predicted octanol–water partition coefficient (Wildman–Crippen LogP) is 2.01. The molecule has 0 aliphatic carbocycles. The van der Waals surface area contributed by atoms with Crippen LogP contribution in [-0.4, -0.2) is 48.4 Å². The highest BCUT2D eigenvalue weighted by Gasteiger charge is 2.20. The Bertz CT molecular complexity index is 643. The van der Waals surface area contributed by atoms with Gasteiger partial charge in [0.25, 0.3) is 5.91 Å². The molecule has 8 heteroatoms. The number of hydrogen-bond acceptors (Lipinski definition) is 4. The second kappa shape index (κ2) is 8.10. The van der Waals surface area contributed by atoms with Crippen LogP contribution in [0.3, 0.4) is 0 Å². The van der Waals surface area contributed by atoms with Crippen molar-refractivity contribution in [2.45, 2.75) is 26.3 Å². The molecule has 0 heterocycles. The van der Waals surface area contributed by atoms with Crippen molar-refractivity contribution in [1.82, 2.24) is 10.2 Å². The average molecular weight is 359 g/mol. The van der Waals surface area contributed by atoms with E-state index in [1.807, 2.05) is 20.8 Å². The number of likely N-dealkylation sites (N-methyl/N-ethyl adjacent to an activating group) is 1. The molecule has 6 nitrogen and oxygen atoms in total. The smallest absolute Gasteiger partial charge is 0.340 e. The summed E-state index contributed by atoms with van der Waals surface area (Å²) in [6, 6.07) is 3.21. The van der Waals surface area contributed by atoms with E-state index in [0.717, 1.165) is 17.0 Å². The molecule has 0 saturated heterocycles. The molecule has 24 heavy (non-hydrogen) atoms. The van der Waals surface area contributed by atoms with Crippen molar-refractivity contribution in [3.05, 3.63) is 34.6 Å². The van der Waals surface area contributed by atoms with Gasteiger partial charge in [-0.15, -0.1) is 0 Å². The molecule has 0 saturated carbocycles. The fourth-order valence-corrected chi connectivity index (χ4v) is 1.98. The normalized spacial score (nSPS) is 10.9. The van der Waals surface area contributed by atoms with Gasteiger partial charge in [0.05, 0.1) is 17.1 Å². The van der Waals surface area contributed by atoms with E-state index in [9.17, 15) is 18.8 Å². The van der Waals surface area contributed by atoms with Crippen LogP contribution in [-0.2, 0) is 14.3 Å². The Morgan fingerprint density at radius 3 is 2.46 bits per heavy atom. The van der Waals surface area contributed by atoms with E-state index in [1.165, 1.54) is 13.1 Å². The molecule has 0 aromatic heterocycles. The number of esters is 1. The molecule has 0 bridgehead atoms. The lowest BCUT2D eigenvalue weighted by Gasteiger charge is -2.23. The molecule has 0 unspecified atom stereocenters. The monoisotopic (exact) mass is 358 g/mol. The van der Waals surface area contributed by atoms with E-state index in [4.69, 9.17) is 16.3 Å². The maximum Gasteiger partial charge on any atom is 0.340 e. The van der Waals surface area contributed by atoms with Crippen molar-refractivity contribution < 1.29 is 23.5 Å². The Morgan fingerprint density at radius 2 is 1.92 bits per heavy atom. The van der Waals surface area contributed by atoms with Gasteiger partial charge in [-0.05, 0) is 39.0 Å². The zero-order valence-electron chi connectivity index (χ0n) is 14.0. The van der Waals surface area contributed by atoms with Gasteiger partial charge in [-0.25, -0.2) is 9.18 Å². The van der Waals surface area contributed by atoms with Crippen LogP contribution >= 0.6 is 11.6 Å². The molecule has 0 aliphatic heterocycles. The Labute approximate surface area is 144 Å². The lowest BCUT2D eigenvalue weighted by Crippen LogP contribution is -2.46. The molecular formula is C16H20ClFN2O4. The van der Waals surface area contributed by atoms with Crippen molar-refractivity contribution in [2.24, 2.45) is 0 Å². The summed E-state index contributed by atoms with van der Waals surface area (Å²) in [5.41, 5.74) is -0.453. The number of nitrogens with zero attached hydrogens (tertiary/aromatic N) is 1. The Kier molecular flexibility index (Phi) is 6.71. The number of carbonyl (C=O) groups is 3. The number of hydrogen-bond donors (Lipinski definition) is 1. The lowest BCUT2D eigenvalue weighted by molar-refractivity contribution is -0.137. The average Bonchev–Trinajstić information content (AvgIpc) is 2.42. The summed E-state index contributed by atoms with van der Waals surface area (Å²) in [7, 11) is 1.42. The topological polar surface area (TPSA) is 75.7 Å². The van der Waals surface area contributed by atoms with E-state index < -0.39 is 29.8 Å². The van der Waals surface area contributed by atoms with Crippen LogP contribution in [0.25, 0.3) is 0 Å². The third-order valence-corrected chi connectivity index (χ3v) is 3.11. The summed E-state index contributed by atoms with van der Waals surface area (Å²) in [6.07, 6.45) is 0. The first-order valence-corrected chi connectivity index (χ1v) is 7.54. The van der Waals surface area contributed by atoms with Crippen LogP contribution < -0.4 is 5.32 Å². The zero-order chi connectivity index (χ0) is 18.5. The van der Waals surface area contributed by atoms with Crippen LogP contribution in [0.1, 0.15) is 31.1 Å². The summed E-state index contributed by atoms with van der Waals surface area (Å²) in [6.45, 7) is 4.75. The molecular weight excluding hydrogens is 339 g/mol. The van der Waals surface area contributed by atoms with Crippen molar-refractivity contribution >= 4 is 29.4 Å². The van der Waals surface area contributed by atoms with Gasteiger partial charge >= 0.3 is 5.97 Å². The van der Waals surface area contributed by atoms with Crippen LogP contribution in [0.15, 0.2) is 18.2 Å². The third kappa shape index (κ3) is 6.54. The second-order valence-corrected chi connectivity index (χ2v) is 6.66. The van der Waals surface area contributed by atoms with E-state index in [-0.39, 0.29) is 23.0 Å². The van der Waals surface area contributed by atoms with Gasteiger partial charge < -0.3 is 15.0 Å². The molecule has 0 atom stereocenters. The van der Waals surface area contributed by atoms with Crippen LogP contribution in [0.5, 0.6) is 0 Å². The highest BCUT2D eigenvalue weighted by Crippen LogP contribution is 2.18. The van der Waals surface area contributed by atoms with Crippen molar-refractivity contribution in [3.63, 3.8) is 0 Å². The summed E-state index contributed by atoms with van der Waals surface area (Å²) >= 11 is 5.74. The zero-order valence-corrected chi connectivity index (χ0v) is 14.7. The molecule has 1 rings (SSSR count). The molecule has 0 fully saturated rings. The van der Waals surface area contributed by atoms with Crippen LogP contribution in [0.2, 0.25) is 5.02 Å². The lowest BCUT2D eigenvalue weighted by atomic mass is 10.1. The first-order chi connectivity index (χ1) is 11.0.